The minimum atomic E-state index is -0.880. The van der Waals surface area contributed by atoms with Crippen molar-refractivity contribution in [2.45, 2.75) is 19.3 Å². The zero-order chi connectivity index (χ0) is 22.1. The van der Waals surface area contributed by atoms with Crippen LogP contribution in [0.4, 0.5) is 10.8 Å². The number of fused-ring (bicyclic) bond motifs is 1. The SMILES string of the molecule is O=C(O)[C@@H]1CCC[C@H]1C(=O)c1ccc(-c2ccccc2)c(Nc2nc3ccccc3s2)c1. The molecule has 1 aliphatic carbocycles. The monoisotopic (exact) mass is 442 g/mol. The molecule has 160 valence electrons. The van der Waals surface area contributed by atoms with Gasteiger partial charge in [-0.3, -0.25) is 9.59 Å². The standard InChI is InChI=1S/C26H22N2O3S/c29-24(19-9-6-10-20(19)25(30)31)17-13-14-18(16-7-2-1-3-8-16)22(15-17)28-26-27-21-11-4-5-12-23(21)32-26/h1-5,7-8,11-15,19-20H,6,9-10H2,(H,27,28)(H,30,31)/t19-,20-/m1/s1. The van der Waals surface area contributed by atoms with Crippen LogP contribution in [0.2, 0.25) is 0 Å². The van der Waals surface area contributed by atoms with Gasteiger partial charge in [-0.1, -0.05) is 72.4 Å². The van der Waals surface area contributed by atoms with Gasteiger partial charge < -0.3 is 10.4 Å². The van der Waals surface area contributed by atoms with Crippen molar-refractivity contribution in [2.75, 3.05) is 5.32 Å². The van der Waals surface area contributed by atoms with Gasteiger partial charge in [-0.15, -0.1) is 0 Å². The molecule has 1 heterocycles. The molecule has 4 aromatic rings. The molecule has 0 saturated heterocycles. The predicted molar refractivity (Wildman–Crippen MR) is 128 cm³/mol. The van der Waals surface area contributed by atoms with Gasteiger partial charge in [0.15, 0.2) is 10.9 Å². The molecule has 1 saturated carbocycles. The average Bonchev–Trinajstić information content (AvgIpc) is 3.46. The number of thiazole rings is 1. The van der Waals surface area contributed by atoms with E-state index in [2.05, 4.69) is 10.3 Å². The van der Waals surface area contributed by atoms with Gasteiger partial charge in [0.25, 0.3) is 0 Å². The predicted octanol–water partition coefficient (Wildman–Crippen LogP) is 6.39. The van der Waals surface area contributed by atoms with E-state index < -0.39 is 17.8 Å². The van der Waals surface area contributed by atoms with Gasteiger partial charge >= 0.3 is 5.97 Å². The van der Waals surface area contributed by atoms with E-state index in [9.17, 15) is 14.7 Å². The number of aliphatic carboxylic acids is 1. The molecule has 0 bridgehead atoms. The van der Waals surface area contributed by atoms with Gasteiger partial charge in [0.05, 0.1) is 16.1 Å². The van der Waals surface area contributed by atoms with Gasteiger partial charge in [0.1, 0.15) is 0 Å². The van der Waals surface area contributed by atoms with Crippen LogP contribution in [-0.4, -0.2) is 21.8 Å². The highest BCUT2D eigenvalue weighted by Gasteiger charge is 2.38. The summed E-state index contributed by atoms with van der Waals surface area (Å²) >= 11 is 1.56. The summed E-state index contributed by atoms with van der Waals surface area (Å²) in [5, 5.41) is 13.7. The van der Waals surface area contributed by atoms with Crippen LogP contribution in [0.15, 0.2) is 72.8 Å². The van der Waals surface area contributed by atoms with Crippen LogP contribution in [0, 0.1) is 11.8 Å². The van der Waals surface area contributed by atoms with Crippen LogP contribution >= 0.6 is 11.3 Å². The molecule has 32 heavy (non-hydrogen) atoms. The van der Waals surface area contributed by atoms with E-state index in [4.69, 9.17) is 0 Å². The quantitative estimate of drug-likeness (QED) is 0.338. The zero-order valence-corrected chi connectivity index (χ0v) is 18.1. The Morgan fingerprint density at radius 3 is 2.47 bits per heavy atom. The van der Waals surface area contributed by atoms with Crippen LogP contribution in [0.25, 0.3) is 21.3 Å². The second-order valence-electron chi connectivity index (χ2n) is 8.08. The second-order valence-corrected chi connectivity index (χ2v) is 9.12. The number of carbonyl (C=O) groups is 2. The summed E-state index contributed by atoms with van der Waals surface area (Å²) in [5.41, 5.74) is 4.23. The fraction of sp³-hybridized carbons (Fsp3) is 0.192. The van der Waals surface area contributed by atoms with E-state index in [-0.39, 0.29) is 5.78 Å². The first-order valence-electron chi connectivity index (χ1n) is 10.7. The number of nitrogens with one attached hydrogen (secondary N) is 1. The Hall–Kier alpha value is -3.51. The third-order valence-corrected chi connectivity index (χ3v) is 7.05. The molecule has 5 nitrogen and oxygen atoms in total. The number of carboxylic acid groups (broad SMARTS) is 1. The van der Waals surface area contributed by atoms with Crippen molar-refractivity contribution in [1.82, 2.24) is 4.98 Å². The number of benzene rings is 3. The molecule has 1 aliphatic rings. The van der Waals surface area contributed by atoms with Crippen LogP contribution < -0.4 is 5.32 Å². The highest BCUT2D eigenvalue weighted by Crippen LogP contribution is 2.38. The minimum absolute atomic E-state index is 0.0955. The summed E-state index contributed by atoms with van der Waals surface area (Å²) < 4.78 is 1.08. The maximum Gasteiger partial charge on any atom is 0.307 e. The van der Waals surface area contributed by atoms with Crippen molar-refractivity contribution >= 4 is 44.1 Å². The summed E-state index contributed by atoms with van der Waals surface area (Å²) in [7, 11) is 0. The number of aromatic nitrogens is 1. The first-order valence-corrected chi connectivity index (χ1v) is 11.5. The number of carbonyl (C=O) groups excluding carboxylic acids is 1. The summed E-state index contributed by atoms with van der Waals surface area (Å²) in [6.07, 6.45) is 1.95. The van der Waals surface area contributed by atoms with Crippen LogP contribution in [0.3, 0.4) is 0 Å². The van der Waals surface area contributed by atoms with Gasteiger partial charge in [0.2, 0.25) is 0 Å². The molecule has 2 atom stereocenters. The Balaban J connectivity index is 1.54. The largest absolute Gasteiger partial charge is 0.481 e. The number of Topliss-reactive ketones (excluding diaryl/α,β-unsaturated/α-hetero) is 1. The van der Waals surface area contributed by atoms with Crippen molar-refractivity contribution < 1.29 is 14.7 Å². The molecular weight excluding hydrogens is 420 g/mol. The highest BCUT2D eigenvalue weighted by molar-refractivity contribution is 7.22. The molecule has 0 amide bonds. The number of ketones is 1. The van der Waals surface area contributed by atoms with Gasteiger partial charge in [-0.2, -0.15) is 0 Å². The number of carboxylic acids is 1. The molecular formula is C26H22N2O3S. The van der Waals surface area contributed by atoms with E-state index in [0.29, 0.717) is 18.4 Å². The lowest BCUT2D eigenvalue weighted by Gasteiger charge is -2.17. The van der Waals surface area contributed by atoms with E-state index in [1.54, 1.807) is 11.3 Å². The van der Waals surface area contributed by atoms with E-state index in [0.717, 1.165) is 38.6 Å². The van der Waals surface area contributed by atoms with Crippen molar-refractivity contribution in [3.63, 3.8) is 0 Å². The lowest BCUT2D eigenvalue weighted by atomic mass is 9.87. The van der Waals surface area contributed by atoms with Crippen molar-refractivity contribution in [2.24, 2.45) is 11.8 Å². The van der Waals surface area contributed by atoms with Crippen molar-refractivity contribution in [3.8, 4) is 11.1 Å². The number of para-hydroxylation sites is 1. The summed E-state index contributed by atoms with van der Waals surface area (Å²) in [6.45, 7) is 0. The molecule has 1 fully saturated rings. The summed E-state index contributed by atoms with van der Waals surface area (Å²) in [4.78, 5) is 29.5. The van der Waals surface area contributed by atoms with E-state index in [1.165, 1.54) is 0 Å². The van der Waals surface area contributed by atoms with Crippen molar-refractivity contribution in [3.05, 3.63) is 78.4 Å². The van der Waals surface area contributed by atoms with Crippen LogP contribution in [0.1, 0.15) is 29.6 Å². The zero-order valence-electron chi connectivity index (χ0n) is 17.3. The number of anilines is 2. The van der Waals surface area contributed by atoms with Gasteiger partial charge in [-0.25, -0.2) is 4.98 Å². The van der Waals surface area contributed by atoms with Gasteiger partial charge in [0, 0.05) is 22.7 Å². The Morgan fingerprint density at radius 1 is 0.938 bits per heavy atom. The van der Waals surface area contributed by atoms with Crippen LogP contribution in [-0.2, 0) is 4.79 Å². The lowest BCUT2D eigenvalue weighted by molar-refractivity contribution is -0.142. The minimum Gasteiger partial charge on any atom is -0.481 e. The smallest absolute Gasteiger partial charge is 0.307 e. The maximum atomic E-state index is 13.3. The topological polar surface area (TPSA) is 79.3 Å². The highest BCUT2D eigenvalue weighted by atomic mass is 32.1. The third-order valence-electron chi connectivity index (χ3n) is 6.09. The lowest BCUT2D eigenvalue weighted by Crippen LogP contribution is -2.25. The molecule has 0 aliphatic heterocycles. The Labute approximate surface area is 189 Å². The van der Waals surface area contributed by atoms with Gasteiger partial charge in [-0.05, 0) is 36.6 Å². The summed E-state index contributed by atoms with van der Waals surface area (Å²) in [6, 6.07) is 23.5. The summed E-state index contributed by atoms with van der Waals surface area (Å²) in [5.74, 6) is -2.04. The Kier molecular flexibility index (Phi) is 5.45. The number of nitrogens with zero attached hydrogens (tertiary/aromatic N) is 1. The fourth-order valence-electron chi connectivity index (χ4n) is 4.49. The molecule has 5 rings (SSSR count). The third kappa shape index (κ3) is 3.89. The van der Waals surface area contributed by atoms with E-state index in [1.807, 2.05) is 72.8 Å². The second kappa shape index (κ2) is 8.55. The average molecular weight is 443 g/mol. The molecule has 1 aromatic heterocycles. The first kappa shape index (κ1) is 20.4. The number of rotatable bonds is 6. The Bertz CT molecular complexity index is 1270. The molecule has 2 N–H and O–H groups in total. The van der Waals surface area contributed by atoms with Crippen LogP contribution in [0.5, 0.6) is 0 Å². The van der Waals surface area contributed by atoms with Crippen molar-refractivity contribution in [1.29, 1.82) is 0 Å². The molecule has 0 radical (unpaired) electrons. The first-order chi connectivity index (χ1) is 15.6. The maximum absolute atomic E-state index is 13.3. The number of hydrogen-bond donors (Lipinski definition) is 2. The normalized spacial score (nSPS) is 18.0. The molecule has 0 spiro atoms. The fourth-order valence-corrected chi connectivity index (χ4v) is 5.37. The molecule has 0 unspecified atom stereocenters. The molecule has 3 aromatic carbocycles. The van der Waals surface area contributed by atoms with E-state index >= 15 is 0 Å². The number of hydrogen-bond acceptors (Lipinski definition) is 5. The Morgan fingerprint density at radius 2 is 1.69 bits per heavy atom. The molecule has 6 heteroatoms.